The Kier molecular flexibility index (Phi) is 9.27. The number of ether oxygens (including phenoxy) is 2. The number of hydrogen-bond acceptors (Lipinski definition) is 6. The number of benzene rings is 1. The average Bonchev–Trinajstić information content (AvgIpc) is 2.81. The number of likely N-dealkylation sites (tertiary alicyclic amines) is 1. The SMILES string of the molecule is CCOc1cnc(N(Cc2cc(Cl)cc(C(F)(F)F)c2)[C@@H]2CCN(C(=O)OC(C)C)[C@H](CC)C2)nc1. The molecule has 1 aromatic heterocycles. The van der Waals surface area contributed by atoms with Crippen molar-refractivity contribution in [3.63, 3.8) is 0 Å². The van der Waals surface area contributed by atoms with E-state index in [9.17, 15) is 18.0 Å². The van der Waals surface area contributed by atoms with Gasteiger partial charge in [-0.2, -0.15) is 13.2 Å². The summed E-state index contributed by atoms with van der Waals surface area (Å²) in [7, 11) is 0. The number of rotatable bonds is 8. The van der Waals surface area contributed by atoms with Crippen LogP contribution in [-0.4, -0.2) is 52.3 Å². The second kappa shape index (κ2) is 12.0. The lowest BCUT2D eigenvalue weighted by Crippen LogP contribution is -2.52. The molecule has 0 radical (unpaired) electrons. The fourth-order valence-corrected chi connectivity index (χ4v) is 4.63. The summed E-state index contributed by atoms with van der Waals surface area (Å²) in [5.41, 5.74) is -0.419. The van der Waals surface area contributed by atoms with Crippen molar-refractivity contribution < 1.29 is 27.4 Å². The van der Waals surface area contributed by atoms with E-state index in [-0.39, 0.29) is 35.8 Å². The van der Waals surface area contributed by atoms with Crippen molar-refractivity contribution >= 4 is 23.6 Å². The van der Waals surface area contributed by atoms with Crippen LogP contribution in [-0.2, 0) is 17.5 Å². The van der Waals surface area contributed by atoms with Crippen molar-refractivity contribution in [3.05, 3.63) is 46.7 Å². The van der Waals surface area contributed by atoms with Crippen LogP contribution in [0, 0.1) is 0 Å². The van der Waals surface area contributed by atoms with Crippen molar-refractivity contribution in [1.29, 1.82) is 0 Å². The molecule has 2 atom stereocenters. The number of amides is 1. The molecule has 1 saturated heterocycles. The van der Waals surface area contributed by atoms with E-state index < -0.39 is 11.7 Å². The topological polar surface area (TPSA) is 67.8 Å². The fraction of sp³-hybridized carbons (Fsp3) is 0.560. The molecule has 1 aliphatic rings. The van der Waals surface area contributed by atoms with Crippen molar-refractivity contribution in [2.24, 2.45) is 0 Å². The van der Waals surface area contributed by atoms with Gasteiger partial charge >= 0.3 is 12.3 Å². The molecular weight excluding hydrogens is 497 g/mol. The third kappa shape index (κ3) is 7.15. The predicted molar refractivity (Wildman–Crippen MR) is 131 cm³/mol. The molecule has 11 heteroatoms. The van der Waals surface area contributed by atoms with Gasteiger partial charge < -0.3 is 19.3 Å². The zero-order valence-electron chi connectivity index (χ0n) is 20.9. The first-order valence-electron chi connectivity index (χ1n) is 12.1. The third-order valence-electron chi connectivity index (χ3n) is 5.99. The summed E-state index contributed by atoms with van der Waals surface area (Å²) in [6.07, 6.45) is -0.141. The van der Waals surface area contributed by atoms with Crippen molar-refractivity contribution in [2.45, 2.75) is 77.9 Å². The maximum Gasteiger partial charge on any atom is 0.416 e. The molecule has 198 valence electrons. The van der Waals surface area contributed by atoms with E-state index in [1.54, 1.807) is 31.1 Å². The van der Waals surface area contributed by atoms with E-state index in [0.717, 1.165) is 12.1 Å². The van der Waals surface area contributed by atoms with Gasteiger partial charge in [-0.3, -0.25) is 0 Å². The van der Waals surface area contributed by atoms with Crippen molar-refractivity contribution in [3.8, 4) is 5.75 Å². The van der Waals surface area contributed by atoms with E-state index in [2.05, 4.69) is 9.97 Å². The number of nitrogens with zero attached hydrogens (tertiary/aromatic N) is 4. The maximum atomic E-state index is 13.4. The highest BCUT2D eigenvalue weighted by Gasteiger charge is 2.36. The number of hydrogen-bond donors (Lipinski definition) is 0. The summed E-state index contributed by atoms with van der Waals surface area (Å²) in [5, 5.41) is 0.00470. The van der Waals surface area contributed by atoms with Gasteiger partial charge in [0.2, 0.25) is 5.95 Å². The van der Waals surface area contributed by atoms with Gasteiger partial charge in [-0.15, -0.1) is 0 Å². The molecule has 1 aliphatic heterocycles. The summed E-state index contributed by atoms with van der Waals surface area (Å²) >= 11 is 6.04. The van der Waals surface area contributed by atoms with Gasteiger partial charge in [-0.1, -0.05) is 18.5 Å². The predicted octanol–water partition coefficient (Wildman–Crippen LogP) is 6.34. The van der Waals surface area contributed by atoms with Crippen LogP contribution in [0.25, 0.3) is 0 Å². The zero-order chi connectivity index (χ0) is 26.5. The number of aromatic nitrogens is 2. The second-order valence-corrected chi connectivity index (χ2v) is 9.43. The lowest BCUT2D eigenvalue weighted by molar-refractivity contribution is -0.137. The summed E-state index contributed by atoms with van der Waals surface area (Å²) < 4.78 is 51.1. The first-order valence-corrected chi connectivity index (χ1v) is 12.4. The van der Waals surface area contributed by atoms with Crippen LogP contribution in [0.5, 0.6) is 5.75 Å². The minimum atomic E-state index is -4.52. The maximum absolute atomic E-state index is 13.4. The van der Waals surface area contributed by atoms with Gasteiger partial charge in [0.15, 0.2) is 5.75 Å². The molecule has 2 aromatic rings. The summed E-state index contributed by atoms with van der Waals surface area (Å²) in [5.74, 6) is 0.867. The van der Waals surface area contributed by atoms with Crippen LogP contribution in [0.4, 0.5) is 23.9 Å². The van der Waals surface area contributed by atoms with Gasteiger partial charge in [0.05, 0.1) is 30.7 Å². The van der Waals surface area contributed by atoms with E-state index in [1.165, 1.54) is 6.07 Å². The Hall–Kier alpha value is -2.75. The van der Waals surface area contributed by atoms with Gasteiger partial charge in [-0.25, -0.2) is 14.8 Å². The lowest BCUT2D eigenvalue weighted by Gasteiger charge is -2.43. The van der Waals surface area contributed by atoms with E-state index in [4.69, 9.17) is 21.1 Å². The molecule has 7 nitrogen and oxygen atoms in total. The summed E-state index contributed by atoms with van der Waals surface area (Å²) in [6, 6.07) is 3.31. The Morgan fingerprint density at radius 3 is 2.50 bits per heavy atom. The molecule has 0 unspecified atom stereocenters. The van der Waals surface area contributed by atoms with E-state index >= 15 is 0 Å². The molecule has 36 heavy (non-hydrogen) atoms. The summed E-state index contributed by atoms with van der Waals surface area (Å²) in [4.78, 5) is 25.1. The van der Waals surface area contributed by atoms with Crippen LogP contribution in [0.1, 0.15) is 58.1 Å². The first kappa shape index (κ1) is 27.8. The number of halogens is 4. The molecule has 0 N–H and O–H groups in total. The highest BCUT2D eigenvalue weighted by molar-refractivity contribution is 6.30. The molecular formula is C25H32ClF3N4O3. The monoisotopic (exact) mass is 528 g/mol. The van der Waals surface area contributed by atoms with Crippen LogP contribution in [0.2, 0.25) is 5.02 Å². The molecule has 0 bridgehead atoms. The Balaban J connectivity index is 1.91. The largest absolute Gasteiger partial charge is 0.491 e. The number of carbonyl (C=O) groups is 1. The quantitative estimate of drug-likeness (QED) is 0.398. The Labute approximate surface area is 214 Å². The molecule has 0 aliphatic carbocycles. The van der Waals surface area contributed by atoms with E-state index in [0.29, 0.717) is 49.7 Å². The highest BCUT2D eigenvalue weighted by atomic mass is 35.5. The second-order valence-electron chi connectivity index (χ2n) is 8.99. The Morgan fingerprint density at radius 1 is 1.22 bits per heavy atom. The normalized spacial score (nSPS) is 18.3. The smallest absolute Gasteiger partial charge is 0.416 e. The molecule has 0 spiro atoms. The molecule has 1 amide bonds. The Morgan fingerprint density at radius 2 is 1.92 bits per heavy atom. The Bertz CT molecular complexity index is 1020. The molecule has 0 saturated carbocycles. The van der Waals surface area contributed by atoms with Crippen LogP contribution in [0.3, 0.4) is 0 Å². The van der Waals surface area contributed by atoms with Gasteiger partial charge in [0.25, 0.3) is 0 Å². The number of anilines is 1. The lowest BCUT2D eigenvalue weighted by atomic mass is 9.94. The van der Waals surface area contributed by atoms with Gasteiger partial charge in [0.1, 0.15) is 0 Å². The molecule has 3 rings (SSSR count). The molecule has 1 fully saturated rings. The minimum Gasteiger partial charge on any atom is -0.491 e. The number of alkyl halides is 3. The number of piperidine rings is 1. The van der Waals surface area contributed by atoms with Crippen LogP contribution < -0.4 is 9.64 Å². The van der Waals surface area contributed by atoms with Crippen LogP contribution >= 0.6 is 11.6 Å². The van der Waals surface area contributed by atoms with Crippen molar-refractivity contribution in [1.82, 2.24) is 14.9 Å². The fourth-order valence-electron chi connectivity index (χ4n) is 4.37. The molecule has 1 aromatic carbocycles. The first-order chi connectivity index (χ1) is 17.0. The minimum absolute atomic E-state index is 0.00470. The zero-order valence-corrected chi connectivity index (χ0v) is 21.6. The average molecular weight is 529 g/mol. The standard InChI is InChI=1S/C25H32ClF3N4O3/c1-5-20-12-21(7-8-32(20)24(34)36-16(3)4)33(23-30-13-22(14-31-23)35-6-2)15-17-9-18(25(27,28)29)11-19(26)10-17/h9-11,13-14,16,20-21H,5-8,12,15H2,1-4H3/t20-,21-/m1/s1. The molecule has 2 heterocycles. The van der Waals surface area contributed by atoms with Gasteiger partial charge in [0, 0.05) is 30.2 Å². The highest BCUT2D eigenvalue weighted by Crippen LogP contribution is 2.34. The van der Waals surface area contributed by atoms with Crippen LogP contribution in [0.15, 0.2) is 30.6 Å². The summed E-state index contributed by atoms with van der Waals surface area (Å²) in [6.45, 7) is 8.47. The number of carbonyl (C=O) groups excluding carboxylic acids is 1. The van der Waals surface area contributed by atoms with Crippen molar-refractivity contribution in [2.75, 3.05) is 18.1 Å². The third-order valence-corrected chi connectivity index (χ3v) is 6.21. The van der Waals surface area contributed by atoms with E-state index in [1.807, 2.05) is 18.7 Å². The van der Waals surface area contributed by atoms with Gasteiger partial charge in [-0.05, 0) is 63.8 Å².